The maximum atomic E-state index is 5.97. The summed E-state index contributed by atoms with van der Waals surface area (Å²) in [4.78, 5) is 0. The number of nitrogens with two attached hydrogens (primary N) is 1. The fraction of sp³-hybridized carbons (Fsp3) is 0. The van der Waals surface area contributed by atoms with Gasteiger partial charge in [0.1, 0.15) is 11.5 Å². The molecule has 0 atom stereocenters. The second-order valence-corrected chi connectivity index (χ2v) is 4.06. The van der Waals surface area contributed by atoms with Gasteiger partial charge in [0.25, 0.3) is 0 Å². The highest BCUT2D eigenvalue weighted by Gasteiger charge is 2.05. The van der Waals surface area contributed by atoms with Gasteiger partial charge >= 0.3 is 0 Å². The molecule has 0 heterocycles. The predicted molar refractivity (Wildman–Crippen MR) is 74.6 cm³/mol. The molecule has 0 aromatic heterocycles. The Morgan fingerprint density at radius 3 is 2.35 bits per heavy atom. The number of hydrogen-bond acceptors (Lipinski definition) is 2. The van der Waals surface area contributed by atoms with Crippen molar-refractivity contribution in [2.75, 3.05) is 5.73 Å². The van der Waals surface area contributed by atoms with Gasteiger partial charge in [-0.2, -0.15) is 0 Å². The number of benzene rings is 2. The molecule has 2 N–H and O–H groups in total. The number of nitrogen functional groups attached to an aromatic ring is 1. The summed E-state index contributed by atoms with van der Waals surface area (Å²) in [7, 11) is 0. The highest BCUT2D eigenvalue weighted by Crippen LogP contribution is 2.33. The number of anilines is 1. The number of halogens is 3. The fourth-order valence-electron chi connectivity index (χ4n) is 1.25. The first-order valence-electron chi connectivity index (χ1n) is 4.64. The molecule has 0 aliphatic heterocycles. The Morgan fingerprint density at radius 1 is 0.941 bits per heavy atom. The van der Waals surface area contributed by atoms with Crippen molar-refractivity contribution in [1.29, 1.82) is 0 Å². The minimum atomic E-state index is 0. The smallest absolute Gasteiger partial charge is 0.150 e. The maximum absolute atomic E-state index is 5.97. The third-order valence-corrected chi connectivity index (χ3v) is 2.58. The third-order valence-electron chi connectivity index (χ3n) is 2.03. The first kappa shape index (κ1) is 14.0. The summed E-state index contributed by atoms with van der Waals surface area (Å²) in [5, 5.41) is 1.06. The van der Waals surface area contributed by atoms with Crippen LogP contribution in [0.3, 0.4) is 0 Å². The molecule has 2 rings (SSSR count). The Labute approximate surface area is 116 Å². The standard InChI is InChI=1S/C12H9Cl2NO.ClH/c13-8-5-6-9(14)12(7-8)16-11-4-2-1-3-10(11)15;/h1-7H,15H2;1H. The minimum absolute atomic E-state index is 0. The SMILES string of the molecule is Cl.Nc1ccccc1Oc1cc(Cl)ccc1Cl. The molecule has 90 valence electrons. The molecular formula is C12H10Cl3NO. The normalized spacial score (nSPS) is 9.53. The second kappa shape index (κ2) is 6.01. The lowest BCUT2D eigenvalue weighted by atomic mass is 10.3. The molecule has 0 saturated heterocycles. The molecule has 0 saturated carbocycles. The van der Waals surface area contributed by atoms with Crippen LogP contribution in [0.2, 0.25) is 10.0 Å². The molecule has 5 heteroatoms. The van der Waals surface area contributed by atoms with Crippen LogP contribution in [0.4, 0.5) is 5.69 Å². The van der Waals surface area contributed by atoms with E-state index in [1.54, 1.807) is 30.3 Å². The molecule has 17 heavy (non-hydrogen) atoms. The summed E-state index contributed by atoms with van der Waals surface area (Å²) >= 11 is 11.8. The second-order valence-electron chi connectivity index (χ2n) is 3.21. The van der Waals surface area contributed by atoms with Gasteiger partial charge in [0.2, 0.25) is 0 Å². The van der Waals surface area contributed by atoms with Crippen LogP contribution in [0, 0.1) is 0 Å². The molecule has 2 aromatic rings. The van der Waals surface area contributed by atoms with E-state index in [1.165, 1.54) is 0 Å². The number of hydrogen-bond donors (Lipinski definition) is 1. The van der Waals surface area contributed by atoms with Gasteiger partial charge in [-0.25, -0.2) is 0 Å². The number of para-hydroxylation sites is 2. The summed E-state index contributed by atoms with van der Waals surface area (Å²) in [5.41, 5.74) is 6.31. The van der Waals surface area contributed by atoms with E-state index in [0.29, 0.717) is 27.2 Å². The molecule has 0 spiro atoms. The van der Waals surface area contributed by atoms with Crippen LogP contribution in [0.1, 0.15) is 0 Å². The van der Waals surface area contributed by atoms with E-state index >= 15 is 0 Å². The molecule has 0 amide bonds. The molecule has 0 radical (unpaired) electrons. The van der Waals surface area contributed by atoms with E-state index in [0.717, 1.165) is 0 Å². The molecule has 0 bridgehead atoms. The van der Waals surface area contributed by atoms with Crippen LogP contribution in [-0.2, 0) is 0 Å². The Kier molecular flexibility index (Phi) is 4.94. The van der Waals surface area contributed by atoms with Crippen LogP contribution in [0.25, 0.3) is 0 Å². The summed E-state index contributed by atoms with van der Waals surface area (Å²) < 4.78 is 5.58. The molecule has 0 aliphatic rings. The average molecular weight is 291 g/mol. The van der Waals surface area contributed by atoms with E-state index in [2.05, 4.69) is 0 Å². The topological polar surface area (TPSA) is 35.2 Å². The van der Waals surface area contributed by atoms with Gasteiger partial charge in [-0.3, -0.25) is 0 Å². The van der Waals surface area contributed by atoms with Crippen LogP contribution in [0.15, 0.2) is 42.5 Å². The number of rotatable bonds is 2. The van der Waals surface area contributed by atoms with Crippen molar-refractivity contribution in [3.63, 3.8) is 0 Å². The summed E-state index contributed by atoms with van der Waals surface area (Å²) in [6.07, 6.45) is 0. The van der Waals surface area contributed by atoms with Crippen molar-refractivity contribution < 1.29 is 4.74 Å². The Bertz CT molecular complexity index is 517. The van der Waals surface area contributed by atoms with Crippen LogP contribution < -0.4 is 10.5 Å². The average Bonchev–Trinajstić information content (AvgIpc) is 2.27. The highest BCUT2D eigenvalue weighted by molar-refractivity contribution is 6.34. The van der Waals surface area contributed by atoms with E-state index in [4.69, 9.17) is 33.7 Å². The first-order chi connectivity index (χ1) is 7.66. The van der Waals surface area contributed by atoms with Gasteiger partial charge in [-0.15, -0.1) is 12.4 Å². The fourth-order valence-corrected chi connectivity index (χ4v) is 1.57. The summed E-state index contributed by atoms with van der Waals surface area (Å²) in [5.74, 6) is 1.05. The number of ether oxygens (including phenoxy) is 1. The maximum Gasteiger partial charge on any atom is 0.150 e. The Balaban J connectivity index is 0.00000144. The highest BCUT2D eigenvalue weighted by atomic mass is 35.5. The van der Waals surface area contributed by atoms with Gasteiger partial charge in [-0.05, 0) is 24.3 Å². The molecule has 2 nitrogen and oxygen atoms in total. The lowest BCUT2D eigenvalue weighted by molar-refractivity contribution is 0.485. The summed E-state index contributed by atoms with van der Waals surface area (Å²) in [6.45, 7) is 0. The summed E-state index contributed by atoms with van der Waals surface area (Å²) in [6, 6.07) is 12.2. The van der Waals surface area contributed by atoms with Gasteiger partial charge in [-0.1, -0.05) is 35.3 Å². The van der Waals surface area contributed by atoms with Crippen LogP contribution in [-0.4, -0.2) is 0 Å². The monoisotopic (exact) mass is 289 g/mol. The zero-order valence-electron chi connectivity index (χ0n) is 8.69. The largest absolute Gasteiger partial charge is 0.454 e. The van der Waals surface area contributed by atoms with Crippen molar-refractivity contribution in [3.05, 3.63) is 52.5 Å². The van der Waals surface area contributed by atoms with Gasteiger partial charge in [0.05, 0.1) is 10.7 Å². The lowest BCUT2D eigenvalue weighted by Gasteiger charge is -2.09. The van der Waals surface area contributed by atoms with Gasteiger partial charge in [0.15, 0.2) is 0 Å². The van der Waals surface area contributed by atoms with Crippen molar-refractivity contribution in [3.8, 4) is 11.5 Å². The van der Waals surface area contributed by atoms with Crippen molar-refractivity contribution >= 4 is 41.3 Å². The van der Waals surface area contributed by atoms with Crippen LogP contribution >= 0.6 is 35.6 Å². The molecule has 0 fully saturated rings. The predicted octanol–water partition coefficient (Wildman–Crippen LogP) is 4.79. The lowest BCUT2D eigenvalue weighted by Crippen LogP contribution is -1.91. The van der Waals surface area contributed by atoms with Gasteiger partial charge in [0, 0.05) is 11.1 Å². The van der Waals surface area contributed by atoms with Crippen molar-refractivity contribution in [2.45, 2.75) is 0 Å². The van der Waals surface area contributed by atoms with Gasteiger partial charge < -0.3 is 10.5 Å². The van der Waals surface area contributed by atoms with E-state index in [1.807, 2.05) is 12.1 Å². The van der Waals surface area contributed by atoms with E-state index in [-0.39, 0.29) is 12.4 Å². The third kappa shape index (κ3) is 3.43. The Morgan fingerprint density at radius 2 is 1.65 bits per heavy atom. The van der Waals surface area contributed by atoms with Crippen molar-refractivity contribution in [2.24, 2.45) is 0 Å². The minimum Gasteiger partial charge on any atom is -0.454 e. The first-order valence-corrected chi connectivity index (χ1v) is 5.40. The Hall–Kier alpha value is -1.09. The van der Waals surface area contributed by atoms with Crippen LogP contribution in [0.5, 0.6) is 11.5 Å². The quantitative estimate of drug-likeness (QED) is 0.807. The molecular weight excluding hydrogens is 280 g/mol. The zero-order chi connectivity index (χ0) is 11.5. The molecule has 0 unspecified atom stereocenters. The zero-order valence-corrected chi connectivity index (χ0v) is 11.0. The van der Waals surface area contributed by atoms with E-state index < -0.39 is 0 Å². The molecule has 2 aromatic carbocycles. The van der Waals surface area contributed by atoms with E-state index in [9.17, 15) is 0 Å². The van der Waals surface area contributed by atoms with Crippen molar-refractivity contribution in [1.82, 2.24) is 0 Å². The molecule has 0 aliphatic carbocycles.